The van der Waals surface area contributed by atoms with Gasteiger partial charge in [-0.25, -0.2) is 0 Å². The summed E-state index contributed by atoms with van der Waals surface area (Å²) >= 11 is 0. The molecule has 0 amide bonds. The molecule has 0 saturated heterocycles. The Labute approximate surface area is 125 Å². The third-order valence-electron chi connectivity index (χ3n) is 3.77. The molecule has 1 rings (SSSR count). The summed E-state index contributed by atoms with van der Waals surface area (Å²) in [5.74, 6) is 1.14. The van der Waals surface area contributed by atoms with Gasteiger partial charge in [0.1, 0.15) is 5.76 Å². The summed E-state index contributed by atoms with van der Waals surface area (Å²) in [6.07, 6.45) is 22.4. The molecule has 0 unspecified atom stereocenters. The van der Waals surface area contributed by atoms with Gasteiger partial charge in [-0.2, -0.15) is 0 Å². The summed E-state index contributed by atoms with van der Waals surface area (Å²) in [6, 6.07) is 4.05. The molecule has 0 fully saturated rings. The monoisotopic (exact) mass is 276 g/mol. The van der Waals surface area contributed by atoms with E-state index in [1.165, 1.54) is 70.6 Å². The van der Waals surface area contributed by atoms with Crippen molar-refractivity contribution in [1.29, 1.82) is 0 Å². The summed E-state index contributed by atoms with van der Waals surface area (Å²) < 4.78 is 5.33. The molecule has 1 aromatic heterocycles. The fourth-order valence-electron chi connectivity index (χ4n) is 2.47. The number of unbranched alkanes of at least 4 members (excludes halogenated alkanes) is 9. The lowest BCUT2D eigenvalue weighted by molar-refractivity contribution is 0.492. The van der Waals surface area contributed by atoms with Crippen LogP contribution in [-0.4, -0.2) is 0 Å². The standard InChI is InChI=1S/C19H32O/c1-2-3-4-5-6-7-8-9-10-11-12-13-14-16-19-17-15-18-20-19/h7-8,15,17-18H,2-6,9-14,16H2,1H3/b8-7-. The maximum atomic E-state index is 5.33. The van der Waals surface area contributed by atoms with Crippen molar-refractivity contribution in [2.45, 2.75) is 84.0 Å². The molecule has 1 nitrogen and oxygen atoms in total. The van der Waals surface area contributed by atoms with Crippen molar-refractivity contribution in [3.05, 3.63) is 36.3 Å². The molecule has 0 aliphatic carbocycles. The highest BCUT2D eigenvalue weighted by atomic mass is 16.3. The van der Waals surface area contributed by atoms with Crippen LogP contribution in [0.3, 0.4) is 0 Å². The number of rotatable bonds is 13. The molecule has 0 N–H and O–H groups in total. The predicted molar refractivity (Wildman–Crippen MR) is 88.0 cm³/mol. The smallest absolute Gasteiger partial charge is 0.103 e. The van der Waals surface area contributed by atoms with Crippen LogP contribution in [-0.2, 0) is 6.42 Å². The molecule has 0 spiro atoms. The Bertz CT molecular complexity index is 311. The molecule has 0 bridgehead atoms. The van der Waals surface area contributed by atoms with Gasteiger partial charge in [0.25, 0.3) is 0 Å². The van der Waals surface area contributed by atoms with Crippen molar-refractivity contribution < 1.29 is 4.42 Å². The molecule has 114 valence electrons. The van der Waals surface area contributed by atoms with Gasteiger partial charge in [-0.05, 0) is 44.2 Å². The average Bonchev–Trinajstić information content (AvgIpc) is 2.97. The average molecular weight is 276 g/mol. The Morgan fingerprint density at radius 2 is 1.50 bits per heavy atom. The van der Waals surface area contributed by atoms with E-state index in [0.717, 1.165) is 12.2 Å². The number of furan rings is 1. The normalized spacial score (nSPS) is 11.4. The fourth-order valence-corrected chi connectivity index (χ4v) is 2.47. The number of aryl methyl sites for hydroxylation is 1. The van der Waals surface area contributed by atoms with E-state index in [-0.39, 0.29) is 0 Å². The molecule has 1 aromatic rings. The summed E-state index contributed by atoms with van der Waals surface area (Å²) in [5, 5.41) is 0. The molecule has 1 heteroatoms. The maximum Gasteiger partial charge on any atom is 0.103 e. The van der Waals surface area contributed by atoms with E-state index in [9.17, 15) is 0 Å². The van der Waals surface area contributed by atoms with Crippen LogP contribution in [0.2, 0.25) is 0 Å². The zero-order chi connectivity index (χ0) is 14.3. The first kappa shape index (κ1) is 17.1. The number of allylic oxidation sites excluding steroid dienone is 2. The molecule has 0 aliphatic heterocycles. The lowest BCUT2D eigenvalue weighted by Gasteiger charge is -1.99. The molecule has 0 aliphatic rings. The first-order chi connectivity index (χ1) is 9.93. The largest absolute Gasteiger partial charge is 0.469 e. The van der Waals surface area contributed by atoms with Crippen molar-refractivity contribution in [2.75, 3.05) is 0 Å². The molecule has 1 heterocycles. The summed E-state index contributed by atoms with van der Waals surface area (Å²) in [4.78, 5) is 0. The van der Waals surface area contributed by atoms with E-state index >= 15 is 0 Å². The summed E-state index contributed by atoms with van der Waals surface area (Å²) in [6.45, 7) is 2.27. The van der Waals surface area contributed by atoms with Crippen LogP contribution in [0.5, 0.6) is 0 Å². The molecule has 20 heavy (non-hydrogen) atoms. The van der Waals surface area contributed by atoms with Crippen molar-refractivity contribution in [3.8, 4) is 0 Å². The van der Waals surface area contributed by atoms with E-state index in [4.69, 9.17) is 4.42 Å². The SMILES string of the molecule is CCCCCC/C=C\CCCCCCCc1ccco1. The first-order valence-corrected chi connectivity index (χ1v) is 8.61. The topological polar surface area (TPSA) is 13.1 Å². The zero-order valence-electron chi connectivity index (χ0n) is 13.3. The van der Waals surface area contributed by atoms with Gasteiger partial charge in [-0.15, -0.1) is 0 Å². The second-order valence-electron chi connectivity index (χ2n) is 5.71. The van der Waals surface area contributed by atoms with Crippen LogP contribution in [0, 0.1) is 0 Å². The highest BCUT2D eigenvalue weighted by Crippen LogP contribution is 2.10. The van der Waals surface area contributed by atoms with Gasteiger partial charge in [-0.3, -0.25) is 0 Å². The van der Waals surface area contributed by atoms with Gasteiger partial charge >= 0.3 is 0 Å². The quantitative estimate of drug-likeness (QED) is 0.289. The second kappa shape index (κ2) is 13.0. The van der Waals surface area contributed by atoms with Crippen LogP contribution >= 0.6 is 0 Å². The summed E-state index contributed by atoms with van der Waals surface area (Å²) in [5.41, 5.74) is 0. The minimum atomic E-state index is 1.10. The predicted octanol–water partition coefficient (Wildman–Crippen LogP) is 6.69. The number of hydrogen-bond acceptors (Lipinski definition) is 1. The molecule has 0 atom stereocenters. The van der Waals surface area contributed by atoms with Crippen molar-refractivity contribution in [1.82, 2.24) is 0 Å². The van der Waals surface area contributed by atoms with Gasteiger partial charge in [0, 0.05) is 6.42 Å². The Morgan fingerprint density at radius 3 is 2.15 bits per heavy atom. The Balaban J connectivity index is 1.77. The molecular formula is C19H32O. The lowest BCUT2D eigenvalue weighted by atomic mass is 10.1. The van der Waals surface area contributed by atoms with E-state index in [1.54, 1.807) is 6.26 Å². The highest BCUT2D eigenvalue weighted by molar-refractivity contribution is 4.97. The number of hydrogen-bond donors (Lipinski definition) is 0. The zero-order valence-corrected chi connectivity index (χ0v) is 13.3. The van der Waals surface area contributed by atoms with Crippen LogP contribution in [0.25, 0.3) is 0 Å². The molecular weight excluding hydrogens is 244 g/mol. The van der Waals surface area contributed by atoms with E-state index in [0.29, 0.717) is 0 Å². The molecule has 0 aromatic carbocycles. The van der Waals surface area contributed by atoms with Crippen LogP contribution in [0.15, 0.2) is 35.0 Å². The minimum Gasteiger partial charge on any atom is -0.469 e. The highest BCUT2D eigenvalue weighted by Gasteiger charge is 1.95. The fraction of sp³-hybridized carbons (Fsp3) is 0.684. The van der Waals surface area contributed by atoms with E-state index in [2.05, 4.69) is 25.1 Å². The van der Waals surface area contributed by atoms with Gasteiger partial charge in [-0.1, -0.05) is 57.6 Å². The van der Waals surface area contributed by atoms with E-state index < -0.39 is 0 Å². The third-order valence-corrected chi connectivity index (χ3v) is 3.77. The third kappa shape index (κ3) is 9.89. The Kier molecular flexibility index (Phi) is 11.1. The molecule has 0 saturated carbocycles. The van der Waals surface area contributed by atoms with Crippen molar-refractivity contribution in [3.63, 3.8) is 0 Å². The van der Waals surface area contributed by atoms with Crippen LogP contribution in [0.1, 0.15) is 83.3 Å². The summed E-state index contributed by atoms with van der Waals surface area (Å²) in [7, 11) is 0. The van der Waals surface area contributed by atoms with Gasteiger partial charge in [0.15, 0.2) is 0 Å². The van der Waals surface area contributed by atoms with Crippen LogP contribution < -0.4 is 0 Å². The Hall–Kier alpha value is -0.980. The second-order valence-corrected chi connectivity index (χ2v) is 5.71. The minimum absolute atomic E-state index is 1.10. The maximum absolute atomic E-state index is 5.33. The van der Waals surface area contributed by atoms with Crippen molar-refractivity contribution in [2.24, 2.45) is 0 Å². The van der Waals surface area contributed by atoms with Crippen LogP contribution in [0.4, 0.5) is 0 Å². The Morgan fingerprint density at radius 1 is 0.850 bits per heavy atom. The van der Waals surface area contributed by atoms with Gasteiger partial charge < -0.3 is 4.42 Å². The van der Waals surface area contributed by atoms with Gasteiger partial charge in [0.2, 0.25) is 0 Å². The van der Waals surface area contributed by atoms with Gasteiger partial charge in [0.05, 0.1) is 6.26 Å². The van der Waals surface area contributed by atoms with Crippen molar-refractivity contribution >= 4 is 0 Å². The molecule has 0 radical (unpaired) electrons. The lowest BCUT2D eigenvalue weighted by Crippen LogP contribution is -1.83. The van der Waals surface area contributed by atoms with E-state index in [1.807, 2.05) is 6.07 Å². The first-order valence-electron chi connectivity index (χ1n) is 8.61.